The van der Waals surface area contributed by atoms with E-state index in [2.05, 4.69) is 55.6 Å². The molecule has 2 aromatic carbocycles. The quantitative estimate of drug-likeness (QED) is 0.747. The highest BCUT2D eigenvalue weighted by atomic mass is 35.5. The minimum Gasteiger partial charge on any atom is -0.311 e. The van der Waals surface area contributed by atoms with Crippen LogP contribution in [0.4, 0.5) is 0 Å². The molecule has 0 aliphatic carbocycles. The van der Waals surface area contributed by atoms with Crippen LogP contribution >= 0.6 is 11.6 Å². The van der Waals surface area contributed by atoms with E-state index in [9.17, 15) is 0 Å². The Morgan fingerprint density at radius 3 is 2.15 bits per heavy atom. The van der Waals surface area contributed by atoms with Gasteiger partial charge in [-0.1, -0.05) is 68.4 Å². The maximum absolute atomic E-state index is 6.38. The van der Waals surface area contributed by atoms with Crippen LogP contribution < -0.4 is 5.32 Å². The molecule has 2 aromatic rings. The van der Waals surface area contributed by atoms with Gasteiger partial charge in [-0.15, -0.1) is 11.6 Å². The molecule has 0 saturated carbocycles. The van der Waals surface area contributed by atoms with Crippen molar-refractivity contribution in [2.75, 3.05) is 6.54 Å². The maximum atomic E-state index is 6.38. The zero-order valence-corrected chi connectivity index (χ0v) is 12.9. The fraction of sp³-hybridized carbons (Fsp3) is 0.333. The number of alkyl halides is 1. The summed E-state index contributed by atoms with van der Waals surface area (Å²) < 4.78 is 0. The molecule has 0 heterocycles. The van der Waals surface area contributed by atoms with Crippen molar-refractivity contribution in [2.24, 2.45) is 0 Å². The van der Waals surface area contributed by atoms with Crippen molar-refractivity contribution in [3.8, 4) is 0 Å². The van der Waals surface area contributed by atoms with Crippen molar-refractivity contribution < 1.29 is 0 Å². The third-order valence-electron chi connectivity index (χ3n) is 3.46. The molecule has 0 amide bonds. The standard InChI is InChI=1S/C18H22ClN/c1-14(2)16-10-8-15(9-11-16)12-20-13-18(19)17-6-4-3-5-7-17/h3-11,14,18,20H,12-13H2,1-2H3. The Hall–Kier alpha value is -1.31. The molecule has 0 spiro atoms. The number of hydrogen-bond donors (Lipinski definition) is 1. The number of nitrogens with one attached hydrogen (secondary N) is 1. The first-order valence-corrected chi connectivity index (χ1v) is 7.59. The highest BCUT2D eigenvalue weighted by molar-refractivity contribution is 6.21. The van der Waals surface area contributed by atoms with Crippen LogP contribution in [0.2, 0.25) is 0 Å². The van der Waals surface area contributed by atoms with Crippen LogP contribution in [0.5, 0.6) is 0 Å². The van der Waals surface area contributed by atoms with E-state index in [1.165, 1.54) is 11.1 Å². The molecule has 0 aliphatic heterocycles. The number of hydrogen-bond acceptors (Lipinski definition) is 1. The molecule has 1 atom stereocenters. The summed E-state index contributed by atoms with van der Waals surface area (Å²) in [6, 6.07) is 19.0. The van der Waals surface area contributed by atoms with E-state index in [0.717, 1.165) is 18.7 Å². The lowest BCUT2D eigenvalue weighted by Crippen LogP contribution is -2.18. The van der Waals surface area contributed by atoms with Gasteiger partial charge in [-0.05, 0) is 22.6 Å². The molecule has 2 rings (SSSR count). The second kappa shape index (κ2) is 7.47. The first-order valence-electron chi connectivity index (χ1n) is 7.15. The Bertz CT molecular complexity index is 505. The molecule has 0 fully saturated rings. The first-order chi connectivity index (χ1) is 9.66. The van der Waals surface area contributed by atoms with E-state index in [4.69, 9.17) is 11.6 Å². The number of halogens is 1. The van der Waals surface area contributed by atoms with E-state index in [0.29, 0.717) is 5.92 Å². The predicted molar refractivity (Wildman–Crippen MR) is 87.3 cm³/mol. The Balaban J connectivity index is 1.81. The molecule has 0 radical (unpaired) electrons. The Kier molecular flexibility index (Phi) is 5.63. The van der Waals surface area contributed by atoms with E-state index in [1.807, 2.05) is 18.2 Å². The van der Waals surface area contributed by atoms with E-state index in [1.54, 1.807) is 0 Å². The van der Waals surface area contributed by atoms with Gasteiger partial charge in [0.25, 0.3) is 0 Å². The van der Waals surface area contributed by atoms with Crippen molar-refractivity contribution in [3.63, 3.8) is 0 Å². The molecule has 1 N–H and O–H groups in total. The van der Waals surface area contributed by atoms with Crippen molar-refractivity contribution in [1.82, 2.24) is 5.32 Å². The molecule has 0 bridgehead atoms. The Morgan fingerprint density at radius 1 is 0.900 bits per heavy atom. The molecular weight excluding hydrogens is 266 g/mol. The molecule has 1 nitrogen and oxygen atoms in total. The van der Waals surface area contributed by atoms with Gasteiger partial charge in [0.2, 0.25) is 0 Å². The minimum atomic E-state index is 0.0196. The summed E-state index contributed by atoms with van der Waals surface area (Å²) in [7, 11) is 0. The van der Waals surface area contributed by atoms with Crippen molar-refractivity contribution >= 4 is 11.6 Å². The second-order valence-corrected chi connectivity index (χ2v) is 5.93. The summed E-state index contributed by atoms with van der Waals surface area (Å²) in [6.07, 6.45) is 0. The predicted octanol–water partition coefficient (Wildman–Crippen LogP) is 4.88. The summed E-state index contributed by atoms with van der Waals surface area (Å²) >= 11 is 6.38. The van der Waals surface area contributed by atoms with Gasteiger partial charge in [0.05, 0.1) is 5.38 Å². The fourth-order valence-corrected chi connectivity index (χ4v) is 2.40. The monoisotopic (exact) mass is 287 g/mol. The van der Waals surface area contributed by atoms with Gasteiger partial charge in [-0.25, -0.2) is 0 Å². The van der Waals surface area contributed by atoms with Gasteiger partial charge in [0.1, 0.15) is 0 Å². The molecule has 106 valence electrons. The van der Waals surface area contributed by atoms with Crippen LogP contribution in [0.15, 0.2) is 54.6 Å². The van der Waals surface area contributed by atoms with Gasteiger partial charge in [-0.2, -0.15) is 0 Å². The van der Waals surface area contributed by atoms with E-state index >= 15 is 0 Å². The van der Waals surface area contributed by atoms with E-state index < -0.39 is 0 Å². The Morgan fingerprint density at radius 2 is 1.55 bits per heavy atom. The third kappa shape index (κ3) is 4.36. The summed E-state index contributed by atoms with van der Waals surface area (Å²) in [5.74, 6) is 0.585. The summed E-state index contributed by atoms with van der Waals surface area (Å²) in [5, 5.41) is 3.44. The smallest absolute Gasteiger partial charge is 0.0709 e. The second-order valence-electron chi connectivity index (χ2n) is 5.41. The van der Waals surface area contributed by atoms with E-state index in [-0.39, 0.29) is 5.38 Å². The third-order valence-corrected chi connectivity index (χ3v) is 3.87. The average Bonchev–Trinajstić information content (AvgIpc) is 2.48. The van der Waals surface area contributed by atoms with Gasteiger partial charge < -0.3 is 5.32 Å². The van der Waals surface area contributed by atoms with Gasteiger partial charge in [0.15, 0.2) is 0 Å². The number of rotatable bonds is 6. The summed E-state index contributed by atoms with van der Waals surface area (Å²) in [5.41, 5.74) is 3.84. The highest BCUT2D eigenvalue weighted by Gasteiger charge is 2.06. The molecule has 0 aliphatic rings. The van der Waals surface area contributed by atoms with Crippen molar-refractivity contribution in [3.05, 3.63) is 71.3 Å². The SMILES string of the molecule is CC(C)c1ccc(CNCC(Cl)c2ccccc2)cc1. The zero-order chi connectivity index (χ0) is 14.4. The highest BCUT2D eigenvalue weighted by Crippen LogP contribution is 2.19. The lowest BCUT2D eigenvalue weighted by molar-refractivity contribution is 0.674. The van der Waals surface area contributed by atoms with Crippen LogP contribution in [0, 0.1) is 0 Å². The summed E-state index contributed by atoms with van der Waals surface area (Å²) in [6.45, 7) is 6.06. The lowest BCUT2D eigenvalue weighted by atomic mass is 10.0. The van der Waals surface area contributed by atoms with Crippen LogP contribution in [-0.2, 0) is 6.54 Å². The zero-order valence-electron chi connectivity index (χ0n) is 12.1. The number of benzene rings is 2. The van der Waals surface area contributed by atoms with Gasteiger partial charge in [0, 0.05) is 13.1 Å². The van der Waals surface area contributed by atoms with Crippen LogP contribution in [0.1, 0.15) is 41.8 Å². The van der Waals surface area contributed by atoms with Crippen LogP contribution in [0.3, 0.4) is 0 Å². The lowest BCUT2D eigenvalue weighted by Gasteiger charge is -2.12. The average molecular weight is 288 g/mol. The minimum absolute atomic E-state index is 0.0196. The van der Waals surface area contributed by atoms with Crippen molar-refractivity contribution in [2.45, 2.75) is 31.7 Å². The van der Waals surface area contributed by atoms with Gasteiger partial charge in [-0.3, -0.25) is 0 Å². The molecule has 0 saturated heterocycles. The van der Waals surface area contributed by atoms with Crippen LogP contribution in [0.25, 0.3) is 0 Å². The topological polar surface area (TPSA) is 12.0 Å². The molecule has 0 aromatic heterocycles. The fourth-order valence-electron chi connectivity index (χ4n) is 2.14. The molecule has 2 heteroatoms. The maximum Gasteiger partial charge on any atom is 0.0709 e. The van der Waals surface area contributed by atoms with Crippen LogP contribution in [-0.4, -0.2) is 6.54 Å². The van der Waals surface area contributed by atoms with Crippen molar-refractivity contribution in [1.29, 1.82) is 0 Å². The first kappa shape index (κ1) is 15.1. The summed E-state index contributed by atoms with van der Waals surface area (Å²) in [4.78, 5) is 0. The largest absolute Gasteiger partial charge is 0.311 e. The van der Waals surface area contributed by atoms with Gasteiger partial charge >= 0.3 is 0 Å². The molecular formula is C18H22ClN. The Labute approximate surface area is 127 Å². The molecule has 1 unspecified atom stereocenters. The molecule has 20 heavy (non-hydrogen) atoms. The normalized spacial score (nSPS) is 12.6.